The van der Waals surface area contributed by atoms with Gasteiger partial charge in [0, 0.05) is 6.07 Å². The first-order valence-electron chi connectivity index (χ1n) is 8.78. The van der Waals surface area contributed by atoms with Crippen LogP contribution in [-0.2, 0) is 6.61 Å². The van der Waals surface area contributed by atoms with Gasteiger partial charge in [0.15, 0.2) is 0 Å². The molecule has 28 heavy (non-hydrogen) atoms. The number of halogens is 1. The van der Waals surface area contributed by atoms with Crippen LogP contribution in [0, 0.1) is 12.7 Å². The van der Waals surface area contributed by atoms with Crippen LogP contribution in [0.25, 0.3) is 11.0 Å². The lowest BCUT2D eigenvalue weighted by Gasteiger charge is -2.10. The Bertz CT molecular complexity index is 1170. The molecule has 0 aliphatic carbocycles. The standard InChI is InChI=1S/C23H17FO4/c1-15-23(28-18-5-3-2-4-6-18)22(25)20-12-11-19(13-21(20)27-15)26-14-16-7-9-17(24)10-8-16/h2-13H,14H2,1H3. The van der Waals surface area contributed by atoms with E-state index in [2.05, 4.69) is 0 Å². The SMILES string of the molecule is Cc1oc2cc(OCc3ccc(F)cc3)ccc2c(=O)c1Oc1ccccc1. The first-order valence-corrected chi connectivity index (χ1v) is 8.78. The molecule has 1 heterocycles. The molecule has 0 atom stereocenters. The fraction of sp³-hybridized carbons (Fsp3) is 0.0870. The number of ether oxygens (including phenoxy) is 2. The lowest BCUT2D eigenvalue weighted by atomic mass is 10.2. The summed E-state index contributed by atoms with van der Waals surface area (Å²) in [5.41, 5.74) is 1.01. The fourth-order valence-electron chi connectivity index (χ4n) is 2.83. The third kappa shape index (κ3) is 3.74. The first-order chi connectivity index (χ1) is 13.6. The van der Waals surface area contributed by atoms with Crippen molar-refractivity contribution in [2.75, 3.05) is 0 Å². The zero-order valence-corrected chi connectivity index (χ0v) is 15.1. The van der Waals surface area contributed by atoms with Crippen molar-refractivity contribution < 1.29 is 18.3 Å². The van der Waals surface area contributed by atoms with Crippen molar-refractivity contribution in [2.45, 2.75) is 13.5 Å². The normalized spacial score (nSPS) is 10.8. The minimum atomic E-state index is -0.291. The molecule has 0 aliphatic rings. The van der Waals surface area contributed by atoms with Crippen molar-refractivity contribution in [3.05, 3.63) is 100 Å². The summed E-state index contributed by atoms with van der Waals surface area (Å²) in [4.78, 5) is 12.8. The van der Waals surface area contributed by atoms with Crippen LogP contribution in [0.5, 0.6) is 17.2 Å². The molecular formula is C23H17FO4. The number of fused-ring (bicyclic) bond motifs is 1. The van der Waals surface area contributed by atoms with Gasteiger partial charge in [0.25, 0.3) is 0 Å². The van der Waals surface area contributed by atoms with Crippen molar-refractivity contribution in [1.29, 1.82) is 0 Å². The van der Waals surface area contributed by atoms with Crippen LogP contribution < -0.4 is 14.9 Å². The molecule has 0 saturated heterocycles. The van der Waals surface area contributed by atoms with Gasteiger partial charge >= 0.3 is 0 Å². The van der Waals surface area contributed by atoms with E-state index in [0.29, 0.717) is 28.2 Å². The Hall–Kier alpha value is -3.60. The molecule has 4 aromatic rings. The average molecular weight is 376 g/mol. The van der Waals surface area contributed by atoms with Crippen molar-refractivity contribution in [1.82, 2.24) is 0 Å². The molecule has 0 bridgehead atoms. The van der Waals surface area contributed by atoms with Crippen LogP contribution in [0.2, 0.25) is 0 Å². The number of hydrogen-bond acceptors (Lipinski definition) is 4. The highest BCUT2D eigenvalue weighted by Gasteiger charge is 2.14. The minimum absolute atomic E-state index is 0.165. The number of hydrogen-bond donors (Lipinski definition) is 0. The maximum atomic E-state index is 13.0. The summed E-state index contributed by atoms with van der Waals surface area (Å²) >= 11 is 0. The van der Waals surface area contributed by atoms with E-state index in [1.54, 1.807) is 49.4 Å². The molecule has 0 amide bonds. The molecule has 0 saturated carbocycles. The lowest BCUT2D eigenvalue weighted by Crippen LogP contribution is -2.07. The molecule has 140 valence electrons. The smallest absolute Gasteiger partial charge is 0.235 e. The molecule has 0 unspecified atom stereocenters. The molecule has 0 radical (unpaired) electrons. The second-order valence-electron chi connectivity index (χ2n) is 6.30. The maximum Gasteiger partial charge on any atom is 0.235 e. The van der Waals surface area contributed by atoms with Crippen LogP contribution in [-0.4, -0.2) is 0 Å². The quantitative estimate of drug-likeness (QED) is 0.454. The van der Waals surface area contributed by atoms with Crippen molar-refractivity contribution in [2.24, 2.45) is 0 Å². The molecule has 5 heteroatoms. The highest BCUT2D eigenvalue weighted by atomic mass is 19.1. The highest BCUT2D eigenvalue weighted by molar-refractivity contribution is 5.79. The van der Waals surface area contributed by atoms with Crippen molar-refractivity contribution >= 4 is 11.0 Å². The molecule has 0 fully saturated rings. The molecular weight excluding hydrogens is 359 g/mol. The van der Waals surface area contributed by atoms with E-state index in [1.807, 2.05) is 18.2 Å². The molecule has 0 spiro atoms. The van der Waals surface area contributed by atoms with Crippen molar-refractivity contribution in [3.8, 4) is 17.2 Å². The zero-order chi connectivity index (χ0) is 19.5. The van der Waals surface area contributed by atoms with Gasteiger partial charge in [-0.15, -0.1) is 0 Å². The predicted octanol–water partition coefficient (Wildman–Crippen LogP) is 5.61. The summed E-state index contributed by atoms with van der Waals surface area (Å²) in [5.74, 6) is 1.38. The first kappa shape index (κ1) is 17.8. The van der Waals surface area contributed by atoms with E-state index < -0.39 is 0 Å². The minimum Gasteiger partial charge on any atom is -0.489 e. The Morgan fingerprint density at radius 2 is 1.68 bits per heavy atom. The van der Waals surface area contributed by atoms with E-state index in [-0.39, 0.29) is 23.6 Å². The van der Waals surface area contributed by atoms with E-state index in [9.17, 15) is 9.18 Å². The summed E-state index contributed by atoms with van der Waals surface area (Å²) in [6.07, 6.45) is 0. The Labute approximate surface area is 160 Å². The van der Waals surface area contributed by atoms with Crippen LogP contribution in [0.4, 0.5) is 4.39 Å². The average Bonchev–Trinajstić information content (AvgIpc) is 2.71. The highest BCUT2D eigenvalue weighted by Crippen LogP contribution is 2.27. The van der Waals surface area contributed by atoms with Crippen LogP contribution in [0.3, 0.4) is 0 Å². The topological polar surface area (TPSA) is 48.7 Å². The van der Waals surface area contributed by atoms with Gasteiger partial charge in [0.05, 0.1) is 5.39 Å². The molecule has 1 aromatic heterocycles. The van der Waals surface area contributed by atoms with E-state index in [0.717, 1.165) is 5.56 Å². The van der Waals surface area contributed by atoms with Crippen LogP contribution in [0.1, 0.15) is 11.3 Å². The van der Waals surface area contributed by atoms with Crippen molar-refractivity contribution in [3.63, 3.8) is 0 Å². The summed E-state index contributed by atoms with van der Waals surface area (Å²) in [5, 5.41) is 0.408. The fourth-order valence-corrected chi connectivity index (χ4v) is 2.83. The molecule has 4 rings (SSSR count). The number of rotatable bonds is 5. The molecule has 0 aliphatic heterocycles. The summed E-state index contributed by atoms with van der Waals surface area (Å²) in [7, 11) is 0. The van der Waals surface area contributed by atoms with Crippen LogP contribution in [0.15, 0.2) is 82.0 Å². The largest absolute Gasteiger partial charge is 0.489 e. The van der Waals surface area contributed by atoms with Gasteiger partial charge in [-0.3, -0.25) is 4.79 Å². The second kappa shape index (κ2) is 7.56. The van der Waals surface area contributed by atoms with E-state index >= 15 is 0 Å². The predicted molar refractivity (Wildman–Crippen MR) is 104 cm³/mol. The van der Waals surface area contributed by atoms with Gasteiger partial charge in [-0.25, -0.2) is 4.39 Å². The molecule has 0 N–H and O–H groups in total. The van der Waals surface area contributed by atoms with Gasteiger partial charge in [-0.1, -0.05) is 30.3 Å². The number of benzene rings is 3. The third-order valence-electron chi connectivity index (χ3n) is 4.27. The summed E-state index contributed by atoms with van der Waals surface area (Å²) in [6.45, 7) is 1.97. The van der Waals surface area contributed by atoms with E-state index in [1.165, 1.54) is 12.1 Å². The molecule has 3 aromatic carbocycles. The monoisotopic (exact) mass is 376 g/mol. The van der Waals surface area contributed by atoms with Crippen LogP contribution >= 0.6 is 0 Å². The van der Waals surface area contributed by atoms with E-state index in [4.69, 9.17) is 13.9 Å². The van der Waals surface area contributed by atoms with Gasteiger partial charge < -0.3 is 13.9 Å². The maximum absolute atomic E-state index is 13.0. The Morgan fingerprint density at radius 1 is 0.929 bits per heavy atom. The van der Waals surface area contributed by atoms with Gasteiger partial charge in [-0.2, -0.15) is 0 Å². The third-order valence-corrected chi connectivity index (χ3v) is 4.27. The summed E-state index contributed by atoms with van der Waals surface area (Å²) in [6, 6.07) is 20.2. The Kier molecular flexibility index (Phi) is 4.81. The zero-order valence-electron chi connectivity index (χ0n) is 15.1. The lowest BCUT2D eigenvalue weighted by molar-refractivity contribution is 0.306. The number of aryl methyl sites for hydroxylation is 1. The van der Waals surface area contributed by atoms with Gasteiger partial charge in [0.1, 0.15) is 35.3 Å². The Morgan fingerprint density at radius 3 is 2.43 bits per heavy atom. The number of para-hydroxylation sites is 1. The van der Waals surface area contributed by atoms with Gasteiger partial charge in [-0.05, 0) is 48.9 Å². The molecule has 4 nitrogen and oxygen atoms in total. The second-order valence-corrected chi connectivity index (χ2v) is 6.30. The Balaban J connectivity index is 1.60. The summed E-state index contributed by atoms with van der Waals surface area (Å²) < 4.78 is 30.2. The van der Waals surface area contributed by atoms with Gasteiger partial charge in [0.2, 0.25) is 11.2 Å².